The molecule has 0 spiro atoms. The van der Waals surface area contributed by atoms with E-state index in [1.165, 1.54) is 11.3 Å². The monoisotopic (exact) mass is 264 g/mol. The van der Waals surface area contributed by atoms with E-state index in [0.29, 0.717) is 5.71 Å². The Balaban J connectivity index is 1.82. The van der Waals surface area contributed by atoms with Crippen LogP contribution in [0.2, 0.25) is 0 Å². The topological polar surface area (TPSA) is 82.9 Å². The lowest BCUT2D eigenvalue weighted by molar-refractivity contribution is -0.127. The molecule has 0 bridgehead atoms. The minimum Gasteiger partial charge on any atom is -0.273 e. The average Bonchev–Trinajstić information content (AvgIpc) is 2.94. The lowest BCUT2D eigenvalue weighted by Crippen LogP contribution is -2.29. The van der Waals surface area contributed by atoms with Crippen molar-refractivity contribution in [3.63, 3.8) is 0 Å². The van der Waals surface area contributed by atoms with E-state index in [1.807, 2.05) is 17.5 Å². The fourth-order valence-corrected chi connectivity index (χ4v) is 2.08. The largest absolute Gasteiger partial charge is 0.273 e. The van der Waals surface area contributed by atoms with E-state index in [1.54, 1.807) is 13.1 Å². The molecule has 1 aliphatic heterocycles. The van der Waals surface area contributed by atoms with Crippen molar-refractivity contribution in [2.45, 2.75) is 13.3 Å². The molecule has 1 aromatic rings. The second kappa shape index (κ2) is 5.54. The van der Waals surface area contributed by atoms with E-state index < -0.39 is 5.92 Å². The zero-order valence-electron chi connectivity index (χ0n) is 9.71. The molecule has 94 valence electrons. The zero-order valence-corrected chi connectivity index (χ0v) is 10.5. The fraction of sp³-hybridized carbons (Fsp3) is 0.273. The smallest absolute Gasteiger partial charge is 0.249 e. The van der Waals surface area contributed by atoms with Crippen LogP contribution >= 0.6 is 11.3 Å². The summed E-state index contributed by atoms with van der Waals surface area (Å²) in [6, 6.07) is 3.79. The van der Waals surface area contributed by atoms with Crippen LogP contribution in [0.25, 0.3) is 0 Å². The summed E-state index contributed by atoms with van der Waals surface area (Å²) in [6.45, 7) is 1.71. The normalized spacial score (nSPS) is 18.8. The van der Waals surface area contributed by atoms with Gasteiger partial charge in [-0.15, -0.1) is 11.3 Å². The van der Waals surface area contributed by atoms with Crippen molar-refractivity contribution in [3.05, 3.63) is 22.4 Å². The molecule has 0 saturated carbocycles. The van der Waals surface area contributed by atoms with Crippen LogP contribution in [0.15, 0.2) is 27.7 Å². The first kappa shape index (κ1) is 12.4. The number of nitrogens with zero attached hydrogens (tertiary/aromatic N) is 2. The van der Waals surface area contributed by atoms with Crippen LogP contribution < -0.4 is 10.9 Å². The van der Waals surface area contributed by atoms with Crippen molar-refractivity contribution < 1.29 is 9.59 Å². The summed E-state index contributed by atoms with van der Waals surface area (Å²) in [4.78, 5) is 23.9. The van der Waals surface area contributed by atoms with Gasteiger partial charge in [-0.3, -0.25) is 9.59 Å². The van der Waals surface area contributed by atoms with Gasteiger partial charge in [0.25, 0.3) is 0 Å². The number of hydrazone groups is 2. The zero-order chi connectivity index (χ0) is 13.0. The molecule has 0 fully saturated rings. The van der Waals surface area contributed by atoms with Gasteiger partial charge in [0.05, 0.1) is 12.1 Å². The Morgan fingerprint density at radius 2 is 2.56 bits per heavy atom. The molecule has 2 N–H and O–H groups in total. The SMILES string of the molecule is CC1=NNC(=O)C1CC(=O)NN=Cc1cccs1. The maximum Gasteiger partial charge on any atom is 0.249 e. The number of hydrogen-bond acceptors (Lipinski definition) is 5. The van der Waals surface area contributed by atoms with Gasteiger partial charge in [0, 0.05) is 17.0 Å². The van der Waals surface area contributed by atoms with Gasteiger partial charge in [0.15, 0.2) is 0 Å². The lowest BCUT2D eigenvalue weighted by Gasteiger charge is -2.05. The van der Waals surface area contributed by atoms with Crippen LogP contribution in [0.1, 0.15) is 18.2 Å². The van der Waals surface area contributed by atoms with Crippen LogP contribution in [0, 0.1) is 5.92 Å². The Morgan fingerprint density at radius 1 is 1.72 bits per heavy atom. The molecule has 0 radical (unpaired) electrons. The minimum atomic E-state index is -0.484. The highest BCUT2D eigenvalue weighted by Gasteiger charge is 2.28. The Bertz CT molecular complexity index is 507. The molecule has 2 rings (SSSR count). The van der Waals surface area contributed by atoms with Gasteiger partial charge < -0.3 is 0 Å². The molecule has 0 saturated heterocycles. The summed E-state index contributed by atoms with van der Waals surface area (Å²) in [7, 11) is 0. The molecule has 1 aromatic heterocycles. The average molecular weight is 264 g/mol. The van der Waals surface area contributed by atoms with Crippen LogP contribution in [-0.2, 0) is 9.59 Å². The highest BCUT2D eigenvalue weighted by atomic mass is 32.1. The molecule has 7 heteroatoms. The van der Waals surface area contributed by atoms with E-state index >= 15 is 0 Å². The first-order chi connectivity index (χ1) is 8.66. The molecule has 0 aromatic carbocycles. The van der Waals surface area contributed by atoms with Crippen molar-refractivity contribution in [2.24, 2.45) is 16.1 Å². The number of nitrogens with one attached hydrogen (secondary N) is 2. The number of rotatable bonds is 4. The number of hydrogen-bond donors (Lipinski definition) is 2. The second-order valence-electron chi connectivity index (χ2n) is 3.79. The standard InChI is InChI=1S/C11H12N4O2S/c1-7-9(11(17)15-13-7)5-10(16)14-12-6-8-3-2-4-18-8/h2-4,6,9H,5H2,1H3,(H,14,16)(H,15,17). The molecule has 2 amide bonds. The van der Waals surface area contributed by atoms with Gasteiger partial charge in [-0.05, 0) is 18.4 Å². The van der Waals surface area contributed by atoms with Crippen LogP contribution in [0.5, 0.6) is 0 Å². The fourth-order valence-electron chi connectivity index (χ4n) is 1.49. The molecular formula is C11H12N4O2S. The molecule has 1 unspecified atom stereocenters. The predicted molar refractivity (Wildman–Crippen MR) is 69.4 cm³/mol. The van der Waals surface area contributed by atoms with Crippen molar-refractivity contribution in [1.82, 2.24) is 10.9 Å². The highest BCUT2D eigenvalue weighted by Crippen LogP contribution is 2.11. The quantitative estimate of drug-likeness (QED) is 0.620. The summed E-state index contributed by atoms with van der Waals surface area (Å²) in [5, 5.41) is 9.52. The second-order valence-corrected chi connectivity index (χ2v) is 4.77. The van der Waals surface area contributed by atoms with Crippen molar-refractivity contribution in [2.75, 3.05) is 0 Å². The van der Waals surface area contributed by atoms with Crippen LogP contribution in [0.3, 0.4) is 0 Å². The van der Waals surface area contributed by atoms with E-state index in [9.17, 15) is 9.59 Å². The molecule has 6 nitrogen and oxygen atoms in total. The van der Waals surface area contributed by atoms with Gasteiger partial charge in [0.1, 0.15) is 0 Å². The molecule has 18 heavy (non-hydrogen) atoms. The Morgan fingerprint density at radius 3 is 3.17 bits per heavy atom. The first-order valence-corrected chi connectivity index (χ1v) is 6.24. The summed E-state index contributed by atoms with van der Waals surface area (Å²) >= 11 is 1.52. The summed E-state index contributed by atoms with van der Waals surface area (Å²) in [5.74, 6) is -1.04. The van der Waals surface area contributed by atoms with Gasteiger partial charge in [-0.25, -0.2) is 10.9 Å². The maximum absolute atomic E-state index is 11.6. The minimum absolute atomic E-state index is 0.0585. The number of thiophene rings is 1. The Hall–Kier alpha value is -2.02. The first-order valence-electron chi connectivity index (χ1n) is 5.36. The third-order valence-corrected chi connectivity index (χ3v) is 3.28. The van der Waals surface area contributed by atoms with Gasteiger partial charge in [0.2, 0.25) is 11.8 Å². The van der Waals surface area contributed by atoms with E-state index in [-0.39, 0.29) is 18.2 Å². The van der Waals surface area contributed by atoms with E-state index in [0.717, 1.165) is 4.88 Å². The van der Waals surface area contributed by atoms with Crippen molar-refractivity contribution in [1.29, 1.82) is 0 Å². The molecule has 1 aliphatic rings. The number of carbonyl (C=O) groups is 2. The predicted octanol–water partition coefficient (Wildman–Crippen LogP) is 0.710. The maximum atomic E-state index is 11.6. The number of carbonyl (C=O) groups excluding carboxylic acids is 2. The number of amides is 2. The summed E-state index contributed by atoms with van der Waals surface area (Å²) in [6.07, 6.45) is 1.63. The Labute approximate surface area is 108 Å². The van der Waals surface area contributed by atoms with Crippen molar-refractivity contribution >= 4 is 35.1 Å². The Kier molecular flexibility index (Phi) is 3.83. The highest BCUT2D eigenvalue weighted by molar-refractivity contribution is 7.11. The lowest BCUT2D eigenvalue weighted by atomic mass is 10.0. The van der Waals surface area contributed by atoms with Crippen molar-refractivity contribution in [3.8, 4) is 0 Å². The van der Waals surface area contributed by atoms with Gasteiger partial charge >= 0.3 is 0 Å². The molecular weight excluding hydrogens is 252 g/mol. The molecule has 0 aliphatic carbocycles. The summed E-state index contributed by atoms with van der Waals surface area (Å²) < 4.78 is 0. The van der Waals surface area contributed by atoms with Gasteiger partial charge in [-0.1, -0.05) is 6.07 Å². The van der Waals surface area contributed by atoms with E-state index in [4.69, 9.17) is 0 Å². The van der Waals surface area contributed by atoms with Crippen LogP contribution in [-0.4, -0.2) is 23.7 Å². The van der Waals surface area contributed by atoms with Gasteiger partial charge in [-0.2, -0.15) is 10.2 Å². The summed E-state index contributed by atoms with van der Waals surface area (Å²) in [5.41, 5.74) is 5.35. The molecule has 1 atom stereocenters. The third-order valence-electron chi connectivity index (χ3n) is 2.48. The molecule has 2 heterocycles. The van der Waals surface area contributed by atoms with E-state index in [2.05, 4.69) is 21.1 Å². The third kappa shape index (κ3) is 3.01. The van der Waals surface area contributed by atoms with Crippen LogP contribution in [0.4, 0.5) is 0 Å².